The molecular weight excluding hydrogens is 283 g/mol. The molecule has 0 aliphatic heterocycles. The maximum absolute atomic E-state index is 13.2. The van der Waals surface area contributed by atoms with E-state index in [0.29, 0.717) is 0 Å². The molecule has 0 radical (unpaired) electrons. The summed E-state index contributed by atoms with van der Waals surface area (Å²) in [6.45, 7) is 0. The summed E-state index contributed by atoms with van der Waals surface area (Å²) in [5, 5.41) is 9.39. The smallest absolute Gasteiger partial charge is 0.266 e. The highest BCUT2D eigenvalue weighted by Crippen LogP contribution is 2.28. The van der Waals surface area contributed by atoms with Crippen LogP contribution in [0, 0.1) is 5.82 Å². The van der Waals surface area contributed by atoms with Crippen molar-refractivity contribution in [3.8, 4) is 5.75 Å². The van der Waals surface area contributed by atoms with Gasteiger partial charge in [-0.1, -0.05) is 6.07 Å². The number of hydrogen-bond acceptors (Lipinski definition) is 4. The van der Waals surface area contributed by atoms with E-state index in [9.17, 15) is 17.9 Å². The first-order valence-corrected chi connectivity index (χ1v) is 7.09. The summed E-state index contributed by atoms with van der Waals surface area (Å²) in [7, 11) is -2.70. The number of phenolic OH excluding ortho intramolecular Hbond substituents is 1. The van der Waals surface area contributed by atoms with Gasteiger partial charge in [0, 0.05) is 13.1 Å². The highest BCUT2D eigenvalue weighted by atomic mass is 32.2. The summed E-state index contributed by atoms with van der Waals surface area (Å²) in [6.07, 6.45) is 0. The third kappa shape index (κ3) is 2.53. The summed E-state index contributed by atoms with van der Waals surface area (Å²) in [6, 6.07) is 8.86. The van der Waals surface area contributed by atoms with E-state index in [-0.39, 0.29) is 22.0 Å². The predicted octanol–water partition coefficient (Wildman–Crippen LogP) is 1.94. The molecule has 106 valence electrons. The average molecular weight is 296 g/mol. The molecule has 3 N–H and O–H groups in total. The number of nitrogen functional groups attached to an aromatic ring is 1. The second-order valence-electron chi connectivity index (χ2n) is 4.17. The van der Waals surface area contributed by atoms with E-state index >= 15 is 0 Å². The van der Waals surface area contributed by atoms with Crippen molar-refractivity contribution >= 4 is 21.4 Å². The van der Waals surface area contributed by atoms with Crippen LogP contribution < -0.4 is 10.0 Å². The minimum atomic E-state index is -4.00. The number of halogens is 1. The molecule has 0 aromatic heterocycles. The average Bonchev–Trinajstić information content (AvgIpc) is 2.40. The van der Waals surface area contributed by atoms with E-state index in [1.54, 1.807) is 0 Å². The Balaban J connectivity index is 2.52. The molecule has 0 aliphatic rings. The molecule has 20 heavy (non-hydrogen) atoms. The number of hydrogen-bond donors (Lipinski definition) is 2. The highest BCUT2D eigenvalue weighted by molar-refractivity contribution is 7.93. The van der Waals surface area contributed by atoms with Crippen molar-refractivity contribution in [2.75, 3.05) is 17.1 Å². The summed E-state index contributed by atoms with van der Waals surface area (Å²) < 4.78 is 39.0. The Morgan fingerprint density at radius 1 is 1.20 bits per heavy atom. The number of benzene rings is 2. The van der Waals surface area contributed by atoms with Gasteiger partial charge >= 0.3 is 0 Å². The van der Waals surface area contributed by atoms with Crippen LogP contribution in [0.15, 0.2) is 47.4 Å². The van der Waals surface area contributed by atoms with E-state index in [1.165, 1.54) is 37.4 Å². The second-order valence-corrected chi connectivity index (χ2v) is 6.11. The number of anilines is 2. The second kappa shape index (κ2) is 5.01. The predicted molar refractivity (Wildman–Crippen MR) is 74.5 cm³/mol. The SMILES string of the molecule is CN(c1cccc(O)c1)S(=O)(=O)c1cc(F)ccc1N. The van der Waals surface area contributed by atoms with Crippen LogP contribution in [0.2, 0.25) is 0 Å². The van der Waals surface area contributed by atoms with Gasteiger partial charge in [0.15, 0.2) is 0 Å². The van der Waals surface area contributed by atoms with Crippen LogP contribution in [0.25, 0.3) is 0 Å². The zero-order chi connectivity index (χ0) is 14.9. The van der Waals surface area contributed by atoms with Crippen molar-refractivity contribution < 1.29 is 17.9 Å². The minimum Gasteiger partial charge on any atom is -0.508 e. The van der Waals surface area contributed by atoms with Crippen molar-refractivity contribution in [1.82, 2.24) is 0 Å². The molecule has 0 atom stereocenters. The molecule has 5 nitrogen and oxygen atoms in total. The first-order valence-electron chi connectivity index (χ1n) is 5.65. The van der Waals surface area contributed by atoms with Gasteiger partial charge < -0.3 is 10.8 Å². The van der Waals surface area contributed by atoms with Crippen molar-refractivity contribution in [2.24, 2.45) is 0 Å². The van der Waals surface area contributed by atoms with Crippen molar-refractivity contribution in [3.05, 3.63) is 48.3 Å². The maximum Gasteiger partial charge on any atom is 0.266 e. The molecule has 0 saturated heterocycles. The lowest BCUT2D eigenvalue weighted by molar-refractivity contribution is 0.475. The minimum absolute atomic E-state index is 0.0431. The van der Waals surface area contributed by atoms with E-state index < -0.39 is 15.8 Å². The molecular formula is C13H13FN2O3S. The molecule has 2 rings (SSSR count). The third-order valence-corrected chi connectivity index (χ3v) is 4.65. The Kier molecular flexibility index (Phi) is 3.54. The van der Waals surface area contributed by atoms with Crippen LogP contribution in [0.3, 0.4) is 0 Å². The topological polar surface area (TPSA) is 83.6 Å². The lowest BCUT2D eigenvalue weighted by Crippen LogP contribution is -2.27. The number of sulfonamides is 1. The Labute approximate surface area is 116 Å². The summed E-state index contributed by atoms with van der Waals surface area (Å²) in [5.41, 5.74) is 5.80. The summed E-state index contributed by atoms with van der Waals surface area (Å²) in [5.74, 6) is -0.765. The summed E-state index contributed by atoms with van der Waals surface area (Å²) in [4.78, 5) is -0.316. The van der Waals surface area contributed by atoms with Crippen LogP contribution in [-0.2, 0) is 10.0 Å². The van der Waals surface area contributed by atoms with E-state index in [4.69, 9.17) is 5.73 Å². The number of nitrogens with two attached hydrogens (primary N) is 1. The van der Waals surface area contributed by atoms with Gasteiger partial charge in [0.1, 0.15) is 16.5 Å². The Bertz CT molecular complexity index is 747. The van der Waals surface area contributed by atoms with Crippen molar-refractivity contribution in [1.29, 1.82) is 0 Å². The fourth-order valence-electron chi connectivity index (χ4n) is 1.71. The van der Waals surface area contributed by atoms with E-state index in [0.717, 1.165) is 16.4 Å². The third-order valence-electron chi connectivity index (χ3n) is 2.81. The Morgan fingerprint density at radius 2 is 1.90 bits per heavy atom. The molecule has 0 amide bonds. The zero-order valence-electron chi connectivity index (χ0n) is 10.6. The molecule has 0 unspecified atom stereocenters. The van der Waals surface area contributed by atoms with Gasteiger partial charge in [-0.3, -0.25) is 4.31 Å². The molecule has 7 heteroatoms. The lowest BCUT2D eigenvalue weighted by atomic mass is 10.3. The quantitative estimate of drug-likeness (QED) is 0.848. The van der Waals surface area contributed by atoms with Crippen molar-refractivity contribution in [3.63, 3.8) is 0 Å². The Morgan fingerprint density at radius 3 is 2.55 bits per heavy atom. The lowest BCUT2D eigenvalue weighted by Gasteiger charge is -2.20. The van der Waals surface area contributed by atoms with Gasteiger partial charge in [-0.05, 0) is 30.3 Å². The van der Waals surface area contributed by atoms with E-state index in [2.05, 4.69) is 0 Å². The number of nitrogens with zero attached hydrogens (tertiary/aromatic N) is 1. The highest BCUT2D eigenvalue weighted by Gasteiger charge is 2.24. The first-order chi connectivity index (χ1) is 9.32. The van der Waals surface area contributed by atoms with Crippen LogP contribution >= 0.6 is 0 Å². The van der Waals surface area contributed by atoms with Gasteiger partial charge in [0.25, 0.3) is 10.0 Å². The van der Waals surface area contributed by atoms with Gasteiger partial charge in [-0.25, -0.2) is 12.8 Å². The van der Waals surface area contributed by atoms with Gasteiger partial charge in [-0.15, -0.1) is 0 Å². The molecule has 0 fully saturated rings. The van der Waals surface area contributed by atoms with Crippen LogP contribution in [0.4, 0.5) is 15.8 Å². The number of aromatic hydroxyl groups is 1. The first kappa shape index (κ1) is 14.1. The van der Waals surface area contributed by atoms with Crippen LogP contribution in [0.5, 0.6) is 5.75 Å². The molecule has 0 heterocycles. The van der Waals surface area contributed by atoms with Gasteiger partial charge in [0.2, 0.25) is 0 Å². The van der Waals surface area contributed by atoms with Crippen LogP contribution in [-0.4, -0.2) is 20.6 Å². The van der Waals surface area contributed by atoms with Gasteiger partial charge in [0.05, 0.1) is 11.4 Å². The number of rotatable bonds is 3. The molecule has 0 spiro atoms. The Hall–Kier alpha value is -2.28. The fourth-order valence-corrected chi connectivity index (χ4v) is 3.02. The maximum atomic E-state index is 13.2. The van der Waals surface area contributed by atoms with Crippen LogP contribution in [0.1, 0.15) is 0 Å². The molecule has 0 aliphatic carbocycles. The normalized spacial score (nSPS) is 11.3. The standard InChI is InChI=1S/C13H13FN2O3S/c1-16(10-3-2-4-11(17)8-10)20(18,19)13-7-9(14)5-6-12(13)15/h2-8,17H,15H2,1H3. The van der Waals surface area contributed by atoms with E-state index in [1.807, 2.05) is 0 Å². The fraction of sp³-hybridized carbons (Fsp3) is 0.0769. The monoisotopic (exact) mass is 296 g/mol. The van der Waals surface area contributed by atoms with Crippen molar-refractivity contribution in [2.45, 2.75) is 4.90 Å². The molecule has 2 aromatic carbocycles. The molecule has 0 bridgehead atoms. The summed E-state index contributed by atoms with van der Waals surface area (Å²) >= 11 is 0. The molecule has 2 aromatic rings. The largest absolute Gasteiger partial charge is 0.508 e. The van der Waals surface area contributed by atoms with Gasteiger partial charge in [-0.2, -0.15) is 0 Å². The zero-order valence-corrected chi connectivity index (χ0v) is 11.4. The number of phenols is 1. The molecule has 0 saturated carbocycles.